The number of hydrogen-bond donors (Lipinski definition) is 3. The van der Waals surface area contributed by atoms with Crippen molar-refractivity contribution in [3.63, 3.8) is 0 Å². The van der Waals surface area contributed by atoms with E-state index < -0.39 is 0 Å². The lowest BCUT2D eigenvalue weighted by Crippen LogP contribution is -2.40. The number of aromatic nitrogens is 1. The predicted octanol–water partition coefficient (Wildman–Crippen LogP) is 2.27. The van der Waals surface area contributed by atoms with Gasteiger partial charge in [-0.2, -0.15) is 0 Å². The molecule has 2 heterocycles. The zero-order valence-corrected chi connectivity index (χ0v) is 16.2. The first-order valence-electron chi connectivity index (χ1n) is 8.75. The Bertz CT molecular complexity index is 769. The van der Waals surface area contributed by atoms with Crippen LogP contribution in [-0.4, -0.2) is 35.6 Å². The van der Waals surface area contributed by atoms with Crippen molar-refractivity contribution in [1.82, 2.24) is 9.47 Å². The van der Waals surface area contributed by atoms with E-state index in [-0.39, 0.29) is 5.56 Å². The molecule has 7 heteroatoms. The molecule has 0 saturated carbocycles. The normalized spacial score (nSPS) is 17.3. The minimum Gasteiger partial charge on any atom is -0.397 e. The largest absolute Gasteiger partial charge is 0.397 e. The smallest absolute Gasteiger partial charge is 0.275 e. The van der Waals surface area contributed by atoms with Crippen molar-refractivity contribution < 1.29 is 0 Å². The Morgan fingerprint density at radius 3 is 2.62 bits per heavy atom. The first kappa shape index (κ1) is 20.3. The Labute approximate surface area is 159 Å². The molecule has 26 heavy (non-hydrogen) atoms. The van der Waals surface area contributed by atoms with Crippen LogP contribution in [0.5, 0.6) is 0 Å². The summed E-state index contributed by atoms with van der Waals surface area (Å²) in [5.41, 5.74) is 13.1. The van der Waals surface area contributed by atoms with Crippen LogP contribution < -0.4 is 22.3 Å². The lowest BCUT2D eigenvalue weighted by atomic mass is 10.1. The maximum absolute atomic E-state index is 11.9. The van der Waals surface area contributed by atoms with Gasteiger partial charge in [0.25, 0.3) is 5.56 Å². The second kappa shape index (κ2) is 9.62. The van der Waals surface area contributed by atoms with Crippen molar-refractivity contribution in [1.29, 1.82) is 0 Å². The Kier molecular flexibility index (Phi) is 7.50. The number of nitrogen functional groups attached to an aromatic ring is 1. The number of nitrogens with one attached hydrogen (secondary N) is 1. The van der Waals surface area contributed by atoms with E-state index >= 15 is 0 Å². The summed E-state index contributed by atoms with van der Waals surface area (Å²) < 4.78 is 1.48. The van der Waals surface area contributed by atoms with Crippen LogP contribution in [0.25, 0.3) is 0 Å². The first-order valence-corrected chi connectivity index (χ1v) is 9.12. The molecule has 0 bridgehead atoms. The minimum atomic E-state index is -0.151. The van der Waals surface area contributed by atoms with Gasteiger partial charge < -0.3 is 26.3 Å². The molecule has 1 aliphatic heterocycles. The van der Waals surface area contributed by atoms with Crippen molar-refractivity contribution in [3.05, 3.63) is 57.5 Å². The minimum absolute atomic E-state index is 0.151. The molecule has 6 nitrogen and oxygen atoms in total. The maximum Gasteiger partial charge on any atom is 0.275 e. The van der Waals surface area contributed by atoms with Gasteiger partial charge in [0.15, 0.2) is 0 Å². The first-order chi connectivity index (χ1) is 12.4. The fourth-order valence-corrected chi connectivity index (χ4v) is 3.05. The molecule has 1 unspecified atom stereocenters. The quantitative estimate of drug-likeness (QED) is 0.763. The van der Waals surface area contributed by atoms with Crippen molar-refractivity contribution >= 4 is 23.0 Å². The number of halogens is 1. The number of benzene rings is 1. The Morgan fingerprint density at radius 1 is 1.27 bits per heavy atom. The van der Waals surface area contributed by atoms with Crippen LogP contribution in [0, 0.1) is 0 Å². The van der Waals surface area contributed by atoms with Gasteiger partial charge in [-0.15, -0.1) is 0 Å². The topological polar surface area (TPSA) is 89.3 Å². The summed E-state index contributed by atoms with van der Waals surface area (Å²) in [6, 6.07) is 9.60. The number of piperidine rings is 1. The van der Waals surface area contributed by atoms with Gasteiger partial charge in [-0.05, 0) is 44.1 Å². The third kappa shape index (κ3) is 5.76. The fraction of sp³-hybridized carbons (Fsp3) is 0.421. The van der Waals surface area contributed by atoms with Gasteiger partial charge in [-0.3, -0.25) is 4.79 Å². The number of likely N-dealkylation sites (N-methyl/N-ethyl adjacent to an activating group) is 1. The molecule has 1 aromatic heterocycles. The van der Waals surface area contributed by atoms with E-state index in [1.165, 1.54) is 24.0 Å². The van der Waals surface area contributed by atoms with Crippen LogP contribution in [-0.2, 0) is 13.6 Å². The van der Waals surface area contributed by atoms with Crippen molar-refractivity contribution in [3.8, 4) is 0 Å². The number of pyridine rings is 1. The molecule has 5 N–H and O–H groups in total. The standard InChI is InChI=1S/C13H14ClN3O.C6H14N2/c1-17-7-6-11(15)12(13(17)18)16-8-9-4-2-3-5-10(9)14;1-8-4-2-3-6(7)5-8/h2-7,16H,8,15H2,1H3;6H,2-5,7H2,1H3. The number of likely N-dealkylation sites (tertiary alicyclic amines) is 1. The molecule has 142 valence electrons. The van der Waals surface area contributed by atoms with Crippen LogP contribution in [0.4, 0.5) is 11.4 Å². The summed E-state index contributed by atoms with van der Waals surface area (Å²) in [5, 5.41) is 3.70. The zero-order valence-electron chi connectivity index (χ0n) is 15.4. The zero-order chi connectivity index (χ0) is 19.1. The van der Waals surface area contributed by atoms with E-state index in [0.717, 1.165) is 12.1 Å². The molecule has 0 radical (unpaired) electrons. The van der Waals surface area contributed by atoms with E-state index in [9.17, 15) is 4.79 Å². The molecular weight excluding hydrogens is 350 g/mol. The van der Waals surface area contributed by atoms with Crippen LogP contribution in [0.1, 0.15) is 18.4 Å². The third-order valence-corrected chi connectivity index (χ3v) is 4.74. The average molecular weight is 378 g/mol. The fourth-order valence-electron chi connectivity index (χ4n) is 2.85. The van der Waals surface area contributed by atoms with Crippen LogP contribution in [0.15, 0.2) is 41.3 Å². The molecule has 3 rings (SSSR count). The number of rotatable bonds is 3. The van der Waals surface area contributed by atoms with Gasteiger partial charge in [0, 0.05) is 37.4 Å². The van der Waals surface area contributed by atoms with Gasteiger partial charge in [0.05, 0.1) is 5.69 Å². The highest BCUT2D eigenvalue weighted by Crippen LogP contribution is 2.18. The second-order valence-electron chi connectivity index (χ2n) is 6.67. The van der Waals surface area contributed by atoms with Gasteiger partial charge in [-0.1, -0.05) is 29.8 Å². The summed E-state index contributed by atoms with van der Waals surface area (Å²) in [5.74, 6) is 0. The van der Waals surface area contributed by atoms with Crippen LogP contribution in [0.3, 0.4) is 0 Å². The lowest BCUT2D eigenvalue weighted by molar-refractivity contribution is 0.252. The van der Waals surface area contributed by atoms with Crippen molar-refractivity contribution in [2.24, 2.45) is 12.8 Å². The molecule has 1 saturated heterocycles. The van der Waals surface area contributed by atoms with E-state index in [2.05, 4.69) is 17.3 Å². The van der Waals surface area contributed by atoms with Gasteiger partial charge in [-0.25, -0.2) is 0 Å². The molecule has 1 aliphatic rings. The number of aryl methyl sites for hydroxylation is 1. The highest BCUT2D eigenvalue weighted by molar-refractivity contribution is 6.31. The summed E-state index contributed by atoms with van der Waals surface area (Å²) >= 11 is 6.05. The molecule has 0 spiro atoms. The Balaban J connectivity index is 0.000000254. The van der Waals surface area contributed by atoms with Gasteiger partial charge >= 0.3 is 0 Å². The van der Waals surface area contributed by atoms with Gasteiger partial charge in [0.1, 0.15) is 5.69 Å². The van der Waals surface area contributed by atoms with Gasteiger partial charge in [0.2, 0.25) is 0 Å². The molecular formula is C19H28ClN5O. The summed E-state index contributed by atoms with van der Waals surface area (Å²) in [6.07, 6.45) is 4.13. The molecule has 0 amide bonds. The van der Waals surface area contributed by atoms with E-state index in [4.69, 9.17) is 23.1 Å². The molecule has 2 aromatic rings. The molecule has 0 aliphatic carbocycles. The van der Waals surface area contributed by atoms with Crippen molar-refractivity contribution in [2.75, 3.05) is 31.2 Å². The monoisotopic (exact) mass is 377 g/mol. The maximum atomic E-state index is 11.9. The Hall–Kier alpha value is -2.02. The summed E-state index contributed by atoms with van der Waals surface area (Å²) in [4.78, 5) is 14.2. The van der Waals surface area contributed by atoms with E-state index in [1.54, 1.807) is 19.3 Å². The SMILES string of the molecule is CN1CCCC(N)C1.Cn1ccc(N)c(NCc2ccccc2Cl)c1=O. The predicted molar refractivity (Wildman–Crippen MR) is 110 cm³/mol. The molecule has 1 atom stereocenters. The number of nitrogens with two attached hydrogens (primary N) is 2. The Morgan fingerprint density at radius 2 is 2.00 bits per heavy atom. The number of nitrogens with zero attached hydrogens (tertiary/aromatic N) is 2. The summed E-state index contributed by atoms with van der Waals surface area (Å²) in [7, 11) is 3.81. The lowest BCUT2D eigenvalue weighted by Gasteiger charge is -2.26. The molecule has 1 aromatic carbocycles. The average Bonchev–Trinajstić information content (AvgIpc) is 2.60. The summed E-state index contributed by atoms with van der Waals surface area (Å²) in [6.45, 7) is 2.77. The third-order valence-electron chi connectivity index (χ3n) is 4.37. The van der Waals surface area contributed by atoms with E-state index in [0.29, 0.717) is 29.0 Å². The number of anilines is 2. The van der Waals surface area contributed by atoms with Crippen LogP contribution in [0.2, 0.25) is 5.02 Å². The van der Waals surface area contributed by atoms with Crippen LogP contribution >= 0.6 is 11.6 Å². The van der Waals surface area contributed by atoms with Crippen molar-refractivity contribution in [2.45, 2.75) is 25.4 Å². The van der Waals surface area contributed by atoms with E-state index in [1.807, 2.05) is 24.3 Å². The highest BCUT2D eigenvalue weighted by Gasteiger charge is 2.11. The number of hydrogen-bond acceptors (Lipinski definition) is 5. The highest BCUT2D eigenvalue weighted by atomic mass is 35.5. The second-order valence-corrected chi connectivity index (χ2v) is 7.08. The molecule has 1 fully saturated rings.